The zero-order valence-corrected chi connectivity index (χ0v) is 11.1. The summed E-state index contributed by atoms with van der Waals surface area (Å²) < 4.78 is 5.60. The monoisotopic (exact) mass is 273 g/mol. The highest BCUT2D eigenvalue weighted by molar-refractivity contribution is 6.29. The lowest BCUT2D eigenvalue weighted by Gasteiger charge is -2.14. The Hall–Kier alpha value is -1.91. The fraction of sp³-hybridized carbons (Fsp3) is 0.143. The average molecular weight is 274 g/mol. The quantitative estimate of drug-likeness (QED) is 0.745. The van der Waals surface area contributed by atoms with E-state index in [1.807, 2.05) is 24.4 Å². The third-order valence-corrected chi connectivity index (χ3v) is 3.28. The Labute approximate surface area is 115 Å². The number of rotatable bonds is 3. The molecule has 3 aromatic rings. The third kappa shape index (κ3) is 2.20. The largest absolute Gasteiger partial charge is 0.372 e. The second kappa shape index (κ2) is 4.99. The molecule has 5 heteroatoms. The van der Waals surface area contributed by atoms with Gasteiger partial charge in [0.05, 0.1) is 0 Å². The standard InChI is InChI=1S/C14H12ClN3O/c1-19-13(9-4-5-12(15)17-7-9)11-8-18-14-10(11)3-2-6-16-14/h2-8,13H,1H3,(H,16,18). The van der Waals surface area contributed by atoms with E-state index in [4.69, 9.17) is 16.3 Å². The van der Waals surface area contributed by atoms with Crippen molar-refractivity contribution in [3.8, 4) is 0 Å². The zero-order chi connectivity index (χ0) is 13.2. The summed E-state index contributed by atoms with van der Waals surface area (Å²) in [5.41, 5.74) is 2.84. The molecule has 0 radical (unpaired) electrons. The highest BCUT2D eigenvalue weighted by Crippen LogP contribution is 2.30. The number of methoxy groups -OCH3 is 1. The van der Waals surface area contributed by atoms with Crippen LogP contribution in [-0.4, -0.2) is 22.1 Å². The van der Waals surface area contributed by atoms with Gasteiger partial charge in [-0.15, -0.1) is 0 Å². The van der Waals surface area contributed by atoms with Crippen molar-refractivity contribution in [3.63, 3.8) is 0 Å². The van der Waals surface area contributed by atoms with Crippen LogP contribution in [-0.2, 0) is 4.74 Å². The van der Waals surface area contributed by atoms with Crippen molar-refractivity contribution >= 4 is 22.6 Å². The van der Waals surface area contributed by atoms with Crippen LogP contribution in [0, 0.1) is 0 Å². The molecule has 1 unspecified atom stereocenters. The number of pyridine rings is 2. The summed E-state index contributed by atoms with van der Waals surface area (Å²) in [5.74, 6) is 0. The highest BCUT2D eigenvalue weighted by atomic mass is 35.5. The van der Waals surface area contributed by atoms with Gasteiger partial charge >= 0.3 is 0 Å². The van der Waals surface area contributed by atoms with Crippen molar-refractivity contribution in [2.24, 2.45) is 0 Å². The van der Waals surface area contributed by atoms with Crippen molar-refractivity contribution in [3.05, 3.63) is 59.1 Å². The number of H-pyrrole nitrogens is 1. The highest BCUT2D eigenvalue weighted by Gasteiger charge is 2.18. The van der Waals surface area contributed by atoms with E-state index in [2.05, 4.69) is 15.0 Å². The number of aromatic nitrogens is 3. The number of aromatic amines is 1. The van der Waals surface area contributed by atoms with E-state index in [-0.39, 0.29) is 6.10 Å². The second-order valence-corrected chi connectivity index (χ2v) is 4.56. The summed E-state index contributed by atoms with van der Waals surface area (Å²) in [5, 5.41) is 1.52. The van der Waals surface area contributed by atoms with Crippen molar-refractivity contribution in [1.29, 1.82) is 0 Å². The summed E-state index contributed by atoms with van der Waals surface area (Å²) in [6.45, 7) is 0. The Morgan fingerprint density at radius 1 is 1.26 bits per heavy atom. The Balaban J connectivity index is 2.09. The van der Waals surface area contributed by atoms with Crippen molar-refractivity contribution < 1.29 is 4.74 Å². The molecule has 3 heterocycles. The molecule has 0 aliphatic carbocycles. The average Bonchev–Trinajstić information content (AvgIpc) is 2.86. The molecule has 0 fully saturated rings. The molecule has 0 saturated carbocycles. The van der Waals surface area contributed by atoms with Gasteiger partial charge in [-0.1, -0.05) is 17.7 Å². The number of fused-ring (bicyclic) bond motifs is 1. The van der Waals surface area contributed by atoms with E-state index >= 15 is 0 Å². The molecule has 4 nitrogen and oxygen atoms in total. The fourth-order valence-electron chi connectivity index (χ4n) is 2.18. The summed E-state index contributed by atoms with van der Waals surface area (Å²) in [7, 11) is 1.68. The molecule has 0 aromatic carbocycles. The molecule has 0 spiro atoms. The van der Waals surface area contributed by atoms with E-state index in [9.17, 15) is 0 Å². The maximum absolute atomic E-state index is 5.81. The van der Waals surface area contributed by atoms with Gasteiger partial charge in [-0.05, 0) is 18.2 Å². The summed E-state index contributed by atoms with van der Waals surface area (Å²) >= 11 is 5.81. The predicted molar refractivity (Wildman–Crippen MR) is 74.2 cm³/mol. The Morgan fingerprint density at radius 2 is 2.16 bits per heavy atom. The van der Waals surface area contributed by atoms with Gasteiger partial charge in [0.15, 0.2) is 0 Å². The van der Waals surface area contributed by atoms with Crippen LogP contribution >= 0.6 is 11.6 Å². The van der Waals surface area contributed by atoms with Gasteiger partial charge in [0.25, 0.3) is 0 Å². The summed E-state index contributed by atoms with van der Waals surface area (Å²) in [6.07, 6.45) is 5.21. The first kappa shape index (κ1) is 12.1. The molecule has 0 amide bonds. The first-order valence-electron chi connectivity index (χ1n) is 5.86. The van der Waals surface area contributed by atoms with Crippen LogP contribution < -0.4 is 0 Å². The van der Waals surface area contributed by atoms with Crippen LogP contribution in [0.5, 0.6) is 0 Å². The van der Waals surface area contributed by atoms with Gasteiger partial charge in [-0.25, -0.2) is 9.97 Å². The van der Waals surface area contributed by atoms with Crippen LogP contribution in [0.3, 0.4) is 0 Å². The van der Waals surface area contributed by atoms with Gasteiger partial charge < -0.3 is 9.72 Å². The van der Waals surface area contributed by atoms with Gasteiger partial charge in [0.1, 0.15) is 16.9 Å². The van der Waals surface area contributed by atoms with E-state index in [1.165, 1.54) is 0 Å². The lowest BCUT2D eigenvalue weighted by atomic mass is 10.0. The van der Waals surface area contributed by atoms with Gasteiger partial charge in [0.2, 0.25) is 0 Å². The first-order chi connectivity index (χ1) is 9.29. The minimum absolute atomic E-state index is 0.192. The zero-order valence-electron chi connectivity index (χ0n) is 10.3. The van der Waals surface area contributed by atoms with Crippen LogP contribution in [0.1, 0.15) is 17.2 Å². The lowest BCUT2D eigenvalue weighted by molar-refractivity contribution is 0.137. The lowest BCUT2D eigenvalue weighted by Crippen LogP contribution is -2.03. The number of nitrogens with zero attached hydrogens (tertiary/aromatic N) is 2. The Morgan fingerprint density at radius 3 is 2.89 bits per heavy atom. The first-order valence-corrected chi connectivity index (χ1v) is 6.23. The molecule has 0 aliphatic heterocycles. The van der Waals surface area contributed by atoms with Gasteiger partial charge in [-0.2, -0.15) is 0 Å². The molecular weight excluding hydrogens is 262 g/mol. The molecule has 3 aromatic heterocycles. The van der Waals surface area contributed by atoms with E-state index in [0.717, 1.165) is 22.2 Å². The third-order valence-electron chi connectivity index (χ3n) is 3.05. The molecule has 19 heavy (non-hydrogen) atoms. The Bertz CT molecular complexity index is 693. The van der Waals surface area contributed by atoms with E-state index in [0.29, 0.717) is 5.15 Å². The number of halogens is 1. The fourth-order valence-corrected chi connectivity index (χ4v) is 2.29. The van der Waals surface area contributed by atoms with Gasteiger partial charge in [0, 0.05) is 42.2 Å². The van der Waals surface area contributed by atoms with Crippen molar-refractivity contribution in [1.82, 2.24) is 15.0 Å². The molecule has 0 bridgehead atoms. The van der Waals surface area contributed by atoms with Crippen LogP contribution in [0.15, 0.2) is 42.9 Å². The topological polar surface area (TPSA) is 50.8 Å². The van der Waals surface area contributed by atoms with Crippen molar-refractivity contribution in [2.75, 3.05) is 7.11 Å². The number of hydrogen-bond donors (Lipinski definition) is 1. The minimum Gasteiger partial charge on any atom is -0.372 e. The number of hydrogen-bond acceptors (Lipinski definition) is 3. The van der Waals surface area contributed by atoms with Crippen LogP contribution in [0.2, 0.25) is 5.15 Å². The maximum Gasteiger partial charge on any atom is 0.137 e. The SMILES string of the molecule is COC(c1ccc(Cl)nc1)c1c[nH]c2ncccc12. The molecular formula is C14H12ClN3O. The van der Waals surface area contributed by atoms with Gasteiger partial charge in [-0.3, -0.25) is 0 Å². The molecule has 96 valence electrons. The molecule has 1 atom stereocenters. The summed E-state index contributed by atoms with van der Waals surface area (Å²) in [6, 6.07) is 7.60. The van der Waals surface area contributed by atoms with Crippen molar-refractivity contribution in [2.45, 2.75) is 6.10 Å². The molecule has 1 N–H and O–H groups in total. The van der Waals surface area contributed by atoms with Crippen LogP contribution in [0.4, 0.5) is 0 Å². The maximum atomic E-state index is 5.81. The second-order valence-electron chi connectivity index (χ2n) is 4.17. The predicted octanol–water partition coefficient (Wildman–Crippen LogP) is 3.35. The normalized spacial score (nSPS) is 12.7. The molecule has 0 saturated heterocycles. The van der Waals surface area contributed by atoms with Crippen LogP contribution in [0.25, 0.3) is 11.0 Å². The Kier molecular flexibility index (Phi) is 3.19. The number of ether oxygens (including phenoxy) is 1. The summed E-state index contributed by atoms with van der Waals surface area (Å²) in [4.78, 5) is 11.5. The molecule has 0 aliphatic rings. The smallest absolute Gasteiger partial charge is 0.137 e. The van der Waals surface area contributed by atoms with E-state index in [1.54, 1.807) is 25.6 Å². The van der Waals surface area contributed by atoms with E-state index < -0.39 is 0 Å². The minimum atomic E-state index is -0.192. The molecule has 3 rings (SSSR count). The number of nitrogens with one attached hydrogen (secondary N) is 1.